The second kappa shape index (κ2) is 8.14. The first kappa shape index (κ1) is 18.8. The lowest BCUT2D eigenvalue weighted by molar-refractivity contribution is 0.262. The normalized spacial score (nSPS) is 10.7. The Morgan fingerprint density at radius 3 is 2.52 bits per heavy atom. The molecule has 0 aliphatic rings. The molecule has 27 heavy (non-hydrogen) atoms. The third kappa shape index (κ3) is 4.41. The molecule has 2 amide bonds. The lowest BCUT2D eigenvalue weighted by Gasteiger charge is -2.15. The summed E-state index contributed by atoms with van der Waals surface area (Å²) in [5.41, 5.74) is 3.03. The van der Waals surface area contributed by atoms with E-state index in [1.165, 1.54) is 0 Å². The maximum absolute atomic E-state index is 12.3. The lowest BCUT2D eigenvalue weighted by Crippen LogP contribution is -2.19. The number of ether oxygens (including phenoxy) is 1. The molecule has 0 unspecified atom stereocenters. The van der Waals surface area contributed by atoms with Gasteiger partial charge in [0, 0.05) is 34.2 Å². The van der Waals surface area contributed by atoms with Crippen LogP contribution in [0.4, 0.5) is 16.2 Å². The molecule has 0 fully saturated rings. The average molecular weight is 385 g/mol. The van der Waals surface area contributed by atoms with Crippen molar-refractivity contribution in [1.29, 1.82) is 0 Å². The van der Waals surface area contributed by atoms with Gasteiger partial charge in [-0.15, -0.1) is 0 Å². The van der Waals surface area contributed by atoms with Gasteiger partial charge in [-0.1, -0.05) is 17.7 Å². The van der Waals surface area contributed by atoms with Gasteiger partial charge < -0.3 is 15.4 Å². The number of halogens is 1. The summed E-state index contributed by atoms with van der Waals surface area (Å²) in [5.74, 6) is 0.707. The predicted octanol–water partition coefficient (Wildman–Crippen LogP) is 5.44. The number of benzene rings is 2. The Hall–Kier alpha value is -2.99. The monoisotopic (exact) mass is 384 g/mol. The molecule has 140 valence electrons. The Morgan fingerprint density at radius 2 is 1.85 bits per heavy atom. The van der Waals surface area contributed by atoms with Crippen molar-refractivity contribution in [3.8, 4) is 17.0 Å². The van der Waals surface area contributed by atoms with Crippen LogP contribution in [-0.2, 0) is 0 Å². The second-order valence-corrected chi connectivity index (χ2v) is 6.70. The zero-order valence-electron chi connectivity index (χ0n) is 15.4. The van der Waals surface area contributed by atoms with Crippen LogP contribution in [0.25, 0.3) is 11.3 Å². The molecule has 6 nitrogen and oxygen atoms in total. The smallest absolute Gasteiger partial charge is 0.323 e. The van der Waals surface area contributed by atoms with Crippen LogP contribution in [0.2, 0.25) is 5.02 Å². The van der Waals surface area contributed by atoms with Crippen LogP contribution < -0.4 is 15.4 Å². The van der Waals surface area contributed by atoms with E-state index in [0.717, 1.165) is 11.3 Å². The maximum Gasteiger partial charge on any atom is 0.323 e. The molecule has 2 N–H and O–H groups in total. The molecule has 7 heteroatoms. The van der Waals surface area contributed by atoms with Gasteiger partial charge in [0.2, 0.25) is 0 Å². The molecule has 3 rings (SSSR count). The second-order valence-electron chi connectivity index (χ2n) is 6.26. The molecule has 0 spiro atoms. The highest BCUT2D eigenvalue weighted by molar-refractivity contribution is 6.30. The summed E-state index contributed by atoms with van der Waals surface area (Å²) in [4.78, 5) is 12.3. The summed E-state index contributed by atoms with van der Waals surface area (Å²) in [6.45, 7) is 4.12. The summed E-state index contributed by atoms with van der Waals surface area (Å²) in [6, 6.07) is 14.2. The van der Waals surface area contributed by atoms with Gasteiger partial charge in [-0.25, -0.2) is 4.79 Å². The topological polar surface area (TPSA) is 68.2 Å². The molecule has 0 aliphatic carbocycles. The van der Waals surface area contributed by atoms with E-state index in [9.17, 15) is 4.79 Å². The van der Waals surface area contributed by atoms with Gasteiger partial charge in [0.15, 0.2) is 0 Å². The van der Waals surface area contributed by atoms with Gasteiger partial charge in [0.05, 0.1) is 12.8 Å². The first-order valence-electron chi connectivity index (χ1n) is 8.53. The van der Waals surface area contributed by atoms with Crippen LogP contribution in [0.3, 0.4) is 0 Å². The quantitative estimate of drug-likeness (QED) is 0.615. The highest BCUT2D eigenvalue weighted by atomic mass is 35.5. The fourth-order valence-electron chi connectivity index (χ4n) is 2.78. The Morgan fingerprint density at radius 1 is 1.11 bits per heavy atom. The summed E-state index contributed by atoms with van der Waals surface area (Å²) < 4.78 is 7.40. The molecule has 0 saturated heterocycles. The minimum absolute atomic E-state index is 0.197. The van der Waals surface area contributed by atoms with E-state index in [1.54, 1.807) is 43.6 Å². The number of aromatic nitrogens is 2. The van der Waals surface area contributed by atoms with Crippen molar-refractivity contribution >= 4 is 29.0 Å². The van der Waals surface area contributed by atoms with Crippen molar-refractivity contribution in [1.82, 2.24) is 9.78 Å². The molecule has 0 bridgehead atoms. The van der Waals surface area contributed by atoms with E-state index >= 15 is 0 Å². The van der Waals surface area contributed by atoms with Crippen molar-refractivity contribution in [3.05, 3.63) is 59.8 Å². The standard InChI is InChI=1S/C20H21ClN4O2/c1-13(2)25-18(9-10-22-25)17-12-16(7-8-19(17)27-3)24-20(26)23-15-6-4-5-14(21)11-15/h4-13H,1-3H3,(H2,23,24,26). The predicted molar refractivity (Wildman–Crippen MR) is 109 cm³/mol. The molecule has 0 atom stereocenters. The van der Waals surface area contributed by atoms with E-state index < -0.39 is 0 Å². The molecule has 1 aromatic heterocycles. The van der Waals surface area contributed by atoms with Gasteiger partial charge in [0.25, 0.3) is 0 Å². The van der Waals surface area contributed by atoms with E-state index in [2.05, 4.69) is 29.6 Å². The number of urea groups is 1. The van der Waals surface area contributed by atoms with E-state index in [4.69, 9.17) is 16.3 Å². The Labute approximate surface area is 163 Å². The first-order valence-corrected chi connectivity index (χ1v) is 8.91. The van der Waals surface area contributed by atoms with Crippen LogP contribution >= 0.6 is 11.6 Å². The number of hydrogen-bond donors (Lipinski definition) is 2. The van der Waals surface area contributed by atoms with Crippen LogP contribution in [-0.4, -0.2) is 22.9 Å². The van der Waals surface area contributed by atoms with Gasteiger partial charge in [0.1, 0.15) is 5.75 Å². The SMILES string of the molecule is COc1ccc(NC(=O)Nc2cccc(Cl)c2)cc1-c1ccnn1C(C)C. The highest BCUT2D eigenvalue weighted by Gasteiger charge is 2.14. The van der Waals surface area contributed by atoms with Crippen LogP contribution in [0.15, 0.2) is 54.7 Å². The number of methoxy groups -OCH3 is 1. The number of anilines is 2. The lowest BCUT2D eigenvalue weighted by atomic mass is 10.1. The number of rotatable bonds is 5. The summed E-state index contributed by atoms with van der Waals surface area (Å²) >= 11 is 5.95. The fraction of sp³-hybridized carbons (Fsp3) is 0.200. The maximum atomic E-state index is 12.3. The van der Waals surface area contributed by atoms with E-state index in [-0.39, 0.29) is 12.1 Å². The van der Waals surface area contributed by atoms with Gasteiger partial charge in [-0.2, -0.15) is 5.10 Å². The number of carbonyl (C=O) groups excluding carboxylic acids is 1. The van der Waals surface area contributed by atoms with E-state index in [1.807, 2.05) is 22.9 Å². The number of hydrogen-bond acceptors (Lipinski definition) is 3. The molecule has 0 aliphatic heterocycles. The fourth-order valence-corrected chi connectivity index (χ4v) is 2.97. The zero-order chi connectivity index (χ0) is 19.4. The molecule has 0 radical (unpaired) electrons. The van der Waals surface area contributed by atoms with Crippen LogP contribution in [0, 0.1) is 0 Å². The third-order valence-corrected chi connectivity index (χ3v) is 4.21. The minimum Gasteiger partial charge on any atom is -0.496 e. The Bertz CT molecular complexity index is 953. The largest absolute Gasteiger partial charge is 0.496 e. The van der Waals surface area contributed by atoms with Crippen molar-refractivity contribution < 1.29 is 9.53 Å². The number of amides is 2. The molecule has 2 aromatic carbocycles. The van der Waals surface area contributed by atoms with Gasteiger partial charge >= 0.3 is 6.03 Å². The summed E-state index contributed by atoms with van der Waals surface area (Å²) in [6.07, 6.45) is 1.75. The number of nitrogens with one attached hydrogen (secondary N) is 2. The van der Waals surface area contributed by atoms with Crippen molar-refractivity contribution in [2.45, 2.75) is 19.9 Å². The average Bonchev–Trinajstić information content (AvgIpc) is 3.11. The van der Waals surface area contributed by atoms with Crippen molar-refractivity contribution in [3.63, 3.8) is 0 Å². The zero-order valence-corrected chi connectivity index (χ0v) is 16.1. The molecular formula is C20H21ClN4O2. The highest BCUT2D eigenvalue weighted by Crippen LogP contribution is 2.33. The number of carbonyl (C=O) groups is 1. The third-order valence-electron chi connectivity index (χ3n) is 3.98. The molecular weight excluding hydrogens is 364 g/mol. The Kier molecular flexibility index (Phi) is 5.66. The van der Waals surface area contributed by atoms with Gasteiger partial charge in [-0.3, -0.25) is 4.68 Å². The summed E-state index contributed by atoms with van der Waals surface area (Å²) in [5, 5.41) is 10.5. The molecule has 3 aromatic rings. The number of nitrogens with zero attached hydrogens (tertiary/aromatic N) is 2. The Balaban J connectivity index is 1.85. The van der Waals surface area contributed by atoms with Gasteiger partial charge in [-0.05, 0) is 56.3 Å². The van der Waals surface area contributed by atoms with Crippen LogP contribution in [0.5, 0.6) is 5.75 Å². The van der Waals surface area contributed by atoms with Crippen molar-refractivity contribution in [2.75, 3.05) is 17.7 Å². The first-order chi connectivity index (χ1) is 13.0. The van der Waals surface area contributed by atoms with Crippen molar-refractivity contribution in [2.24, 2.45) is 0 Å². The van der Waals surface area contributed by atoms with Crippen LogP contribution in [0.1, 0.15) is 19.9 Å². The molecule has 0 saturated carbocycles. The summed E-state index contributed by atoms with van der Waals surface area (Å²) in [7, 11) is 1.62. The molecule has 1 heterocycles. The minimum atomic E-state index is -0.356. The van der Waals surface area contributed by atoms with E-state index in [0.29, 0.717) is 22.1 Å².